The number of carbonyl (C=O) groups excluding carboxylic acids is 2. The van der Waals surface area contributed by atoms with E-state index in [1.165, 1.54) is 34.5 Å². The summed E-state index contributed by atoms with van der Waals surface area (Å²) in [6, 6.07) is 13.4. The molecule has 1 aliphatic rings. The first kappa shape index (κ1) is 28.0. The zero-order chi connectivity index (χ0) is 29.1. The third kappa shape index (κ3) is 5.85. The van der Waals surface area contributed by atoms with E-state index < -0.39 is 21.9 Å². The van der Waals surface area contributed by atoms with Gasteiger partial charge in [0.1, 0.15) is 17.2 Å². The lowest BCUT2D eigenvalue weighted by molar-refractivity contribution is 0.0713. The second-order valence-electron chi connectivity index (χ2n) is 9.79. The van der Waals surface area contributed by atoms with Gasteiger partial charge in [0.15, 0.2) is 10.5 Å². The largest absolute Gasteiger partial charge is 0.339 e. The molecule has 13 heteroatoms. The van der Waals surface area contributed by atoms with Gasteiger partial charge >= 0.3 is 6.03 Å². The number of aryl methyl sites for hydroxylation is 1. The average Bonchev–Trinajstić information content (AvgIpc) is 3.40. The number of aromatic nitrogens is 3. The predicted octanol–water partition coefficient (Wildman–Crippen LogP) is 3.95. The Kier molecular flexibility index (Phi) is 7.88. The molecule has 1 aliphatic heterocycles. The number of benzene rings is 2. The molecule has 3 amide bonds. The molecule has 0 unspecified atom stereocenters. The van der Waals surface area contributed by atoms with Crippen molar-refractivity contribution in [2.45, 2.75) is 37.5 Å². The molecular formula is C28H30FN7O4S. The van der Waals surface area contributed by atoms with Gasteiger partial charge < -0.3 is 15.5 Å². The van der Waals surface area contributed by atoms with Crippen molar-refractivity contribution >= 4 is 39.1 Å². The average molecular weight is 580 g/mol. The molecule has 2 aromatic carbocycles. The summed E-state index contributed by atoms with van der Waals surface area (Å²) in [6.07, 6.45) is 3.95. The molecule has 0 saturated carbocycles. The molecular weight excluding hydrogens is 549 g/mol. The fourth-order valence-electron chi connectivity index (χ4n) is 4.96. The molecule has 4 aromatic rings. The van der Waals surface area contributed by atoms with Crippen LogP contribution in [0, 0.1) is 12.7 Å². The lowest BCUT2D eigenvalue weighted by Gasteiger charge is -2.32. The van der Waals surface area contributed by atoms with E-state index in [2.05, 4.69) is 32.8 Å². The Balaban J connectivity index is 1.51. The number of rotatable bonds is 7. The summed E-state index contributed by atoms with van der Waals surface area (Å²) in [6.45, 7) is 4.64. The van der Waals surface area contributed by atoms with Crippen LogP contribution in [0.1, 0.15) is 47.2 Å². The summed E-state index contributed by atoms with van der Waals surface area (Å²) in [7, 11) is -4.34. The number of halogens is 1. The number of piperidine rings is 1. The van der Waals surface area contributed by atoms with Gasteiger partial charge in [-0.25, -0.2) is 27.3 Å². The molecule has 0 bridgehead atoms. The number of anilines is 2. The maximum atomic E-state index is 13.8. The normalized spacial score (nSPS) is 14.2. The highest BCUT2D eigenvalue weighted by Crippen LogP contribution is 2.31. The first-order valence-corrected chi connectivity index (χ1v) is 14.7. The van der Waals surface area contributed by atoms with Crippen molar-refractivity contribution in [1.82, 2.24) is 29.5 Å². The van der Waals surface area contributed by atoms with Gasteiger partial charge in [0.2, 0.25) is 0 Å². The van der Waals surface area contributed by atoms with Crippen LogP contribution in [0.2, 0.25) is 0 Å². The minimum Gasteiger partial charge on any atom is -0.339 e. The monoisotopic (exact) mass is 579 g/mol. The number of nitrogens with zero attached hydrogens (tertiary/aromatic N) is 4. The number of carbonyl (C=O) groups is 2. The zero-order valence-electron chi connectivity index (χ0n) is 22.6. The Morgan fingerprint density at radius 1 is 1.07 bits per heavy atom. The van der Waals surface area contributed by atoms with Gasteiger partial charge in [-0.1, -0.05) is 30.3 Å². The van der Waals surface area contributed by atoms with E-state index in [0.29, 0.717) is 30.3 Å². The topological polar surface area (TPSA) is 138 Å². The maximum absolute atomic E-state index is 13.8. The molecule has 11 nitrogen and oxygen atoms in total. The van der Waals surface area contributed by atoms with Gasteiger partial charge in [-0.2, -0.15) is 9.61 Å². The number of hydrogen-bond donors (Lipinski definition) is 3. The maximum Gasteiger partial charge on any atom is 0.328 e. The molecule has 2 aromatic heterocycles. The third-order valence-electron chi connectivity index (χ3n) is 7.07. The number of nitrogens with one attached hydrogen (secondary N) is 3. The fraction of sp³-hybridized carbons (Fsp3) is 0.286. The fourth-order valence-corrected chi connectivity index (χ4v) is 5.95. The number of hydrogen-bond acceptors (Lipinski definition) is 7. The minimum absolute atomic E-state index is 0.0941. The Hall–Kier alpha value is -4.52. The van der Waals surface area contributed by atoms with E-state index in [4.69, 9.17) is 0 Å². The summed E-state index contributed by atoms with van der Waals surface area (Å²) >= 11 is 0. The molecule has 214 valence electrons. The highest BCUT2D eigenvalue weighted by molar-refractivity contribution is 7.90. The van der Waals surface area contributed by atoms with E-state index in [0.717, 1.165) is 19.0 Å². The van der Waals surface area contributed by atoms with Crippen molar-refractivity contribution < 1.29 is 22.4 Å². The number of amides is 3. The zero-order valence-corrected chi connectivity index (χ0v) is 23.4. The van der Waals surface area contributed by atoms with Crippen molar-refractivity contribution in [1.29, 1.82) is 0 Å². The SMILES string of the molecule is CCNC(=O)NS(=O)(=O)c1cnn2c(Nc3ccc(F)cc3C)c(C(=O)N3CCC(c4ccccc4)CC3)cnc12. The molecule has 3 N–H and O–H groups in total. The summed E-state index contributed by atoms with van der Waals surface area (Å²) in [5.74, 6) is -0.209. The first-order chi connectivity index (χ1) is 19.7. The predicted molar refractivity (Wildman–Crippen MR) is 151 cm³/mol. The number of likely N-dealkylation sites (tertiary alicyclic amines) is 1. The lowest BCUT2D eigenvalue weighted by atomic mass is 9.89. The summed E-state index contributed by atoms with van der Waals surface area (Å²) < 4.78 is 42.9. The van der Waals surface area contributed by atoms with Gasteiger partial charge in [0.25, 0.3) is 15.9 Å². The Bertz CT molecular complexity index is 1700. The molecule has 1 saturated heterocycles. The van der Waals surface area contributed by atoms with Crippen molar-refractivity contribution in [2.24, 2.45) is 0 Å². The molecule has 3 heterocycles. The van der Waals surface area contributed by atoms with Crippen LogP contribution in [0.15, 0.2) is 65.8 Å². The number of fused-ring (bicyclic) bond motifs is 1. The molecule has 0 radical (unpaired) electrons. The van der Waals surface area contributed by atoms with Crippen molar-refractivity contribution in [3.63, 3.8) is 0 Å². The van der Waals surface area contributed by atoms with Crippen LogP contribution in [-0.4, -0.2) is 59.5 Å². The Morgan fingerprint density at radius 3 is 2.49 bits per heavy atom. The quantitative estimate of drug-likeness (QED) is 0.301. The highest BCUT2D eigenvalue weighted by Gasteiger charge is 2.30. The van der Waals surface area contributed by atoms with Crippen molar-refractivity contribution in [3.05, 3.63) is 83.4 Å². The smallest absolute Gasteiger partial charge is 0.328 e. The molecule has 0 spiro atoms. The number of urea groups is 1. The molecule has 0 atom stereocenters. The van der Waals surface area contributed by atoms with Crippen LogP contribution in [0.3, 0.4) is 0 Å². The van der Waals surface area contributed by atoms with E-state index in [-0.39, 0.29) is 34.4 Å². The van der Waals surface area contributed by atoms with Gasteiger partial charge in [0.05, 0.1) is 6.20 Å². The van der Waals surface area contributed by atoms with Gasteiger partial charge in [-0.05, 0) is 61.9 Å². The second-order valence-corrected chi connectivity index (χ2v) is 11.4. The van der Waals surface area contributed by atoms with E-state index >= 15 is 0 Å². The van der Waals surface area contributed by atoms with Gasteiger partial charge in [-0.3, -0.25) is 4.79 Å². The molecule has 41 heavy (non-hydrogen) atoms. The third-order valence-corrected chi connectivity index (χ3v) is 8.39. The van der Waals surface area contributed by atoms with E-state index in [9.17, 15) is 22.4 Å². The van der Waals surface area contributed by atoms with Gasteiger partial charge in [0, 0.05) is 31.5 Å². The molecule has 1 fully saturated rings. The van der Waals surface area contributed by atoms with Crippen LogP contribution < -0.4 is 15.4 Å². The van der Waals surface area contributed by atoms with Crippen molar-refractivity contribution in [3.8, 4) is 0 Å². The van der Waals surface area contributed by atoms with Crippen LogP contribution in [0.25, 0.3) is 5.65 Å². The van der Waals surface area contributed by atoms with Crippen LogP contribution in [-0.2, 0) is 10.0 Å². The Morgan fingerprint density at radius 2 is 1.80 bits per heavy atom. The summed E-state index contributed by atoms with van der Waals surface area (Å²) in [5.41, 5.74) is 2.38. The molecule has 0 aliphatic carbocycles. The minimum atomic E-state index is -4.34. The van der Waals surface area contributed by atoms with Gasteiger partial charge in [-0.15, -0.1) is 0 Å². The number of sulfonamides is 1. The van der Waals surface area contributed by atoms with Crippen LogP contribution >= 0.6 is 0 Å². The highest BCUT2D eigenvalue weighted by atomic mass is 32.2. The first-order valence-electron chi connectivity index (χ1n) is 13.2. The van der Waals surface area contributed by atoms with E-state index in [1.807, 2.05) is 22.9 Å². The standard InChI is InChI=1S/C28H30FN7O4S/c1-3-30-28(38)34-41(39,40)24-17-32-36-25(33-23-10-9-21(29)15-18(23)2)22(16-31-26(24)36)27(37)35-13-11-20(12-14-35)19-7-5-4-6-8-19/h4-10,15-17,20,33H,3,11-14H2,1-2H3,(H2,30,34,38). The summed E-state index contributed by atoms with van der Waals surface area (Å²) in [4.78, 5) is 31.4. The summed E-state index contributed by atoms with van der Waals surface area (Å²) in [5, 5.41) is 9.73. The van der Waals surface area contributed by atoms with Crippen LogP contribution in [0.4, 0.5) is 20.7 Å². The lowest BCUT2D eigenvalue weighted by Crippen LogP contribution is -2.39. The molecule has 5 rings (SSSR count). The van der Waals surface area contributed by atoms with E-state index in [1.54, 1.807) is 18.7 Å². The van der Waals surface area contributed by atoms with Crippen LogP contribution in [0.5, 0.6) is 0 Å². The Labute approximate surface area is 236 Å². The van der Waals surface area contributed by atoms with Crippen molar-refractivity contribution in [2.75, 3.05) is 25.0 Å². The second kappa shape index (κ2) is 11.5.